The second-order valence-corrected chi connectivity index (χ2v) is 10.2. The van der Waals surface area contributed by atoms with E-state index < -0.39 is 48.2 Å². The van der Waals surface area contributed by atoms with Gasteiger partial charge in [0.15, 0.2) is 24.3 Å². The minimum atomic E-state index is -0.896. The Morgan fingerprint density at radius 2 is 1.82 bits per heavy atom. The zero-order chi connectivity index (χ0) is 25.2. The van der Waals surface area contributed by atoms with Crippen LogP contribution in [0.5, 0.6) is 0 Å². The van der Waals surface area contributed by atoms with Crippen LogP contribution < -0.4 is 0 Å². The van der Waals surface area contributed by atoms with Gasteiger partial charge in [-0.1, -0.05) is 6.92 Å². The van der Waals surface area contributed by atoms with E-state index in [0.29, 0.717) is 23.8 Å². The molecule has 0 saturated carbocycles. The van der Waals surface area contributed by atoms with E-state index in [1.54, 1.807) is 31.7 Å². The van der Waals surface area contributed by atoms with Crippen molar-refractivity contribution in [1.82, 2.24) is 14.5 Å². The van der Waals surface area contributed by atoms with Gasteiger partial charge in [0.1, 0.15) is 18.0 Å². The number of ether oxygens (including phenoxy) is 4. The first-order valence-electron chi connectivity index (χ1n) is 11.0. The summed E-state index contributed by atoms with van der Waals surface area (Å²) in [5.74, 6) is -0.200. The van der Waals surface area contributed by atoms with Crippen LogP contribution in [0.1, 0.15) is 59.4 Å². The molecule has 1 aromatic rings. The number of carbonyl (C=O) groups excluding carboxylic acids is 3. The Bertz CT molecular complexity index is 958. The van der Waals surface area contributed by atoms with Gasteiger partial charge in [-0.05, 0) is 27.0 Å². The second-order valence-electron chi connectivity index (χ2n) is 9.31. The Balaban J connectivity index is 1.96. The topological polar surface area (TPSA) is 122 Å². The molecule has 1 saturated heterocycles. The van der Waals surface area contributed by atoms with Crippen LogP contribution in [0, 0.1) is 0 Å². The van der Waals surface area contributed by atoms with E-state index in [-0.39, 0.29) is 5.92 Å². The maximum absolute atomic E-state index is 12.6. The number of fused-ring (bicyclic) bond motifs is 1. The van der Waals surface area contributed by atoms with Crippen molar-refractivity contribution in [2.45, 2.75) is 77.6 Å². The first kappa shape index (κ1) is 26.0. The van der Waals surface area contributed by atoms with E-state index in [2.05, 4.69) is 9.98 Å². The predicted molar refractivity (Wildman–Crippen MR) is 125 cm³/mol. The molecular weight excluding hydrogens is 464 g/mol. The number of thioether (sulfide) groups is 1. The third-order valence-electron chi connectivity index (χ3n) is 5.17. The number of hydrogen-bond donors (Lipinski definition) is 0. The molecule has 0 spiro atoms. The average Bonchev–Trinajstić information content (AvgIpc) is 3.20. The number of aromatic nitrogens is 2. The molecule has 2 aliphatic heterocycles. The van der Waals surface area contributed by atoms with Crippen molar-refractivity contribution < 1.29 is 33.3 Å². The van der Waals surface area contributed by atoms with Gasteiger partial charge in [0.05, 0.1) is 12.0 Å². The van der Waals surface area contributed by atoms with Crippen LogP contribution in [0.2, 0.25) is 0 Å². The number of esters is 2. The summed E-state index contributed by atoms with van der Waals surface area (Å²) in [6.07, 6.45) is 1.36. The number of aliphatic imine (C=N–C) groups is 1. The maximum Gasteiger partial charge on any atom is 0.415 e. The van der Waals surface area contributed by atoms with Gasteiger partial charge in [-0.15, -0.1) is 0 Å². The standard InChI is InChI=1S/C22H32N4O7S/c1-12-8-25(21(29)33-22(4,5)6)10-24-19-16(12)23-11-26(19)20-18(31-14(3)28)17(30-13(2)27)15(32-20)9-34-7/h10-12,15,17-18,20H,8-9H2,1-7H3/t12?,15?,17-,18?,20?/m0/s1. The molecule has 34 heavy (non-hydrogen) atoms. The average molecular weight is 497 g/mol. The molecule has 2 aliphatic rings. The Hall–Kier alpha value is -2.60. The third kappa shape index (κ3) is 5.90. The van der Waals surface area contributed by atoms with Gasteiger partial charge in [-0.25, -0.2) is 14.8 Å². The molecule has 1 amide bonds. The summed E-state index contributed by atoms with van der Waals surface area (Å²) in [6, 6.07) is 0. The second kappa shape index (κ2) is 10.3. The lowest BCUT2D eigenvalue weighted by Crippen LogP contribution is -2.39. The Morgan fingerprint density at radius 3 is 2.41 bits per heavy atom. The molecule has 3 rings (SSSR count). The van der Waals surface area contributed by atoms with Crippen LogP contribution in [0.25, 0.3) is 0 Å². The van der Waals surface area contributed by atoms with Gasteiger partial charge < -0.3 is 18.9 Å². The van der Waals surface area contributed by atoms with Crippen molar-refractivity contribution in [2.24, 2.45) is 4.99 Å². The number of imidazole rings is 1. The molecule has 5 atom stereocenters. The molecule has 3 heterocycles. The quantitative estimate of drug-likeness (QED) is 0.447. The highest BCUT2D eigenvalue weighted by molar-refractivity contribution is 7.98. The van der Waals surface area contributed by atoms with Crippen molar-refractivity contribution in [3.8, 4) is 0 Å². The molecule has 4 unspecified atom stereocenters. The van der Waals surface area contributed by atoms with Gasteiger partial charge in [0, 0.05) is 32.1 Å². The summed E-state index contributed by atoms with van der Waals surface area (Å²) < 4.78 is 24.4. The van der Waals surface area contributed by atoms with Crippen molar-refractivity contribution in [1.29, 1.82) is 0 Å². The van der Waals surface area contributed by atoms with Crippen molar-refractivity contribution in [3.63, 3.8) is 0 Å². The van der Waals surface area contributed by atoms with Gasteiger partial charge in [-0.2, -0.15) is 11.8 Å². The minimum absolute atomic E-state index is 0.161. The van der Waals surface area contributed by atoms with Crippen LogP contribution in [0.4, 0.5) is 10.6 Å². The highest BCUT2D eigenvalue weighted by Gasteiger charge is 2.50. The van der Waals surface area contributed by atoms with E-state index in [1.807, 2.05) is 13.2 Å². The number of amides is 1. The highest BCUT2D eigenvalue weighted by Crippen LogP contribution is 2.40. The Morgan fingerprint density at radius 1 is 1.18 bits per heavy atom. The summed E-state index contributed by atoms with van der Waals surface area (Å²) in [5.41, 5.74) is 0.0122. The van der Waals surface area contributed by atoms with E-state index in [1.165, 1.54) is 36.8 Å². The fraction of sp³-hybridized carbons (Fsp3) is 0.682. The molecular formula is C22H32N4O7S. The van der Waals surface area contributed by atoms with Crippen molar-refractivity contribution in [2.75, 3.05) is 18.6 Å². The van der Waals surface area contributed by atoms with E-state index >= 15 is 0 Å². The van der Waals surface area contributed by atoms with E-state index in [9.17, 15) is 14.4 Å². The monoisotopic (exact) mass is 496 g/mol. The molecule has 1 aromatic heterocycles. The molecule has 188 valence electrons. The molecule has 12 heteroatoms. The van der Waals surface area contributed by atoms with Gasteiger partial charge in [0.2, 0.25) is 0 Å². The van der Waals surface area contributed by atoms with Crippen LogP contribution >= 0.6 is 11.8 Å². The van der Waals surface area contributed by atoms with Crippen LogP contribution in [-0.2, 0) is 28.5 Å². The maximum atomic E-state index is 12.6. The predicted octanol–water partition coefficient (Wildman–Crippen LogP) is 3.02. The Kier molecular flexibility index (Phi) is 7.91. The largest absolute Gasteiger partial charge is 0.456 e. The minimum Gasteiger partial charge on any atom is -0.456 e. The van der Waals surface area contributed by atoms with Gasteiger partial charge in [0.25, 0.3) is 0 Å². The molecule has 0 bridgehead atoms. The molecule has 0 radical (unpaired) electrons. The number of nitrogens with zero attached hydrogens (tertiary/aromatic N) is 4. The summed E-state index contributed by atoms with van der Waals surface area (Å²) >= 11 is 1.52. The molecule has 0 N–H and O–H groups in total. The number of carbonyl (C=O) groups is 3. The zero-order valence-corrected chi connectivity index (χ0v) is 21.3. The SMILES string of the molecule is CSCC1OC(n2cnc3c2N=CN(C(=O)OC(C)(C)C)CC3C)C(OC(C)=O)[C@H]1OC(C)=O. The van der Waals surface area contributed by atoms with E-state index in [0.717, 1.165) is 0 Å². The molecule has 1 fully saturated rings. The number of rotatable bonds is 5. The summed E-state index contributed by atoms with van der Waals surface area (Å²) in [5, 5.41) is 0. The number of hydrogen-bond acceptors (Lipinski definition) is 10. The van der Waals surface area contributed by atoms with Crippen molar-refractivity contribution in [3.05, 3.63) is 12.0 Å². The lowest BCUT2D eigenvalue weighted by atomic mass is 10.1. The fourth-order valence-electron chi connectivity index (χ4n) is 3.91. The normalized spacial score (nSPS) is 26.6. The first-order chi connectivity index (χ1) is 15.9. The zero-order valence-electron chi connectivity index (χ0n) is 20.5. The van der Waals surface area contributed by atoms with Gasteiger partial charge >= 0.3 is 18.0 Å². The summed E-state index contributed by atoms with van der Waals surface area (Å²) in [7, 11) is 0. The molecule has 0 aliphatic carbocycles. The molecule has 0 aromatic carbocycles. The lowest BCUT2D eigenvalue weighted by Gasteiger charge is -2.25. The van der Waals surface area contributed by atoms with E-state index in [4.69, 9.17) is 18.9 Å². The van der Waals surface area contributed by atoms with Crippen LogP contribution in [-0.4, -0.2) is 81.3 Å². The molecule has 11 nitrogen and oxygen atoms in total. The van der Waals surface area contributed by atoms with Gasteiger partial charge in [-0.3, -0.25) is 19.1 Å². The van der Waals surface area contributed by atoms with Crippen LogP contribution in [0.3, 0.4) is 0 Å². The third-order valence-corrected chi connectivity index (χ3v) is 5.84. The smallest absolute Gasteiger partial charge is 0.415 e. The summed E-state index contributed by atoms with van der Waals surface area (Å²) in [6.45, 7) is 10.2. The first-order valence-corrected chi connectivity index (χ1v) is 12.4. The Labute approximate surface area is 203 Å². The van der Waals surface area contributed by atoms with Crippen molar-refractivity contribution >= 4 is 42.0 Å². The van der Waals surface area contributed by atoms with Crippen LogP contribution in [0.15, 0.2) is 11.3 Å². The summed E-state index contributed by atoms with van der Waals surface area (Å²) in [4.78, 5) is 46.7. The lowest BCUT2D eigenvalue weighted by molar-refractivity contribution is -0.165. The highest BCUT2D eigenvalue weighted by atomic mass is 32.2. The fourth-order valence-corrected chi connectivity index (χ4v) is 4.51.